The number of ether oxygens (including phenoxy) is 2. The second-order valence-corrected chi connectivity index (χ2v) is 8.21. The van der Waals surface area contributed by atoms with Gasteiger partial charge in [0, 0.05) is 29.5 Å². The third kappa shape index (κ3) is 3.84. The fourth-order valence-corrected chi connectivity index (χ4v) is 4.47. The molecule has 0 N–H and O–H groups in total. The van der Waals surface area contributed by atoms with E-state index >= 15 is 0 Å². The predicted molar refractivity (Wildman–Crippen MR) is 114 cm³/mol. The summed E-state index contributed by atoms with van der Waals surface area (Å²) >= 11 is 1.47. The first kappa shape index (κ1) is 19.8. The minimum Gasteiger partial charge on any atom is -0.469 e. The van der Waals surface area contributed by atoms with Crippen molar-refractivity contribution in [2.24, 2.45) is 7.05 Å². The molecule has 31 heavy (non-hydrogen) atoms. The molecule has 0 radical (unpaired) electrons. The van der Waals surface area contributed by atoms with Crippen molar-refractivity contribution in [3.63, 3.8) is 0 Å². The Kier molecular flexibility index (Phi) is 5.25. The van der Waals surface area contributed by atoms with Gasteiger partial charge in [-0.2, -0.15) is 0 Å². The van der Waals surface area contributed by atoms with E-state index < -0.39 is 6.29 Å². The topological polar surface area (TPSA) is 62.3 Å². The van der Waals surface area contributed by atoms with Crippen molar-refractivity contribution < 1.29 is 18.3 Å². The monoisotopic (exact) mass is 437 g/mol. The van der Waals surface area contributed by atoms with Gasteiger partial charge in [-0.05, 0) is 25.1 Å². The van der Waals surface area contributed by atoms with Gasteiger partial charge in [-0.25, -0.2) is 4.39 Å². The number of rotatable bonds is 5. The number of benzene rings is 2. The Labute approximate surface area is 183 Å². The van der Waals surface area contributed by atoms with E-state index in [0.29, 0.717) is 17.1 Å². The van der Waals surface area contributed by atoms with Crippen LogP contribution in [0.3, 0.4) is 0 Å². The van der Waals surface area contributed by atoms with Crippen molar-refractivity contribution in [2.75, 3.05) is 0 Å². The highest BCUT2D eigenvalue weighted by Crippen LogP contribution is 2.39. The van der Waals surface area contributed by atoms with Crippen molar-refractivity contribution in [1.29, 1.82) is 0 Å². The van der Waals surface area contributed by atoms with E-state index in [0.717, 1.165) is 33.4 Å². The van der Waals surface area contributed by atoms with Gasteiger partial charge >= 0.3 is 0 Å². The summed E-state index contributed by atoms with van der Waals surface area (Å²) in [5.74, 6) is 2.35. The Hall–Kier alpha value is -3.10. The van der Waals surface area contributed by atoms with Crippen molar-refractivity contribution in [3.8, 4) is 17.1 Å². The molecule has 1 aliphatic rings. The van der Waals surface area contributed by atoms with Gasteiger partial charge in [0.05, 0.1) is 18.4 Å². The Morgan fingerprint density at radius 2 is 2.00 bits per heavy atom. The lowest BCUT2D eigenvalue weighted by molar-refractivity contribution is -0.112. The van der Waals surface area contributed by atoms with Crippen LogP contribution in [0.2, 0.25) is 0 Å². The molecule has 8 heteroatoms. The summed E-state index contributed by atoms with van der Waals surface area (Å²) in [5, 5.41) is 9.32. The number of fused-ring (bicyclic) bond motifs is 1. The lowest BCUT2D eigenvalue weighted by atomic mass is 10.1. The number of aromatic nitrogens is 3. The minimum absolute atomic E-state index is 0.290. The molecule has 1 aliphatic heterocycles. The number of hydrogen-bond donors (Lipinski definition) is 0. The lowest BCUT2D eigenvalue weighted by Crippen LogP contribution is -2.19. The second kappa shape index (κ2) is 8.20. The minimum atomic E-state index is -0.520. The van der Waals surface area contributed by atoms with Crippen LogP contribution in [0.25, 0.3) is 11.4 Å². The van der Waals surface area contributed by atoms with Gasteiger partial charge in [-0.3, -0.25) is 0 Å². The van der Waals surface area contributed by atoms with Gasteiger partial charge in [-0.1, -0.05) is 42.1 Å². The highest BCUT2D eigenvalue weighted by molar-refractivity contribution is 7.98. The summed E-state index contributed by atoms with van der Waals surface area (Å²) < 4.78 is 33.5. The van der Waals surface area contributed by atoms with Crippen LogP contribution in [0, 0.1) is 12.7 Å². The Morgan fingerprint density at radius 1 is 1.16 bits per heavy atom. The summed E-state index contributed by atoms with van der Waals surface area (Å²) in [5.41, 5.74) is 3.28. The zero-order valence-electron chi connectivity index (χ0n) is 17.0. The third-order valence-corrected chi connectivity index (χ3v) is 6.25. The number of thioether (sulfide) groups is 1. The van der Waals surface area contributed by atoms with Crippen LogP contribution in [-0.2, 0) is 24.1 Å². The zero-order chi connectivity index (χ0) is 21.4. The van der Waals surface area contributed by atoms with E-state index in [1.54, 1.807) is 6.26 Å². The van der Waals surface area contributed by atoms with Gasteiger partial charge in [0.15, 0.2) is 11.0 Å². The maximum Gasteiger partial charge on any atom is 0.227 e. The lowest BCUT2D eigenvalue weighted by Gasteiger charge is -2.28. The summed E-state index contributed by atoms with van der Waals surface area (Å²) in [6.07, 6.45) is 1.11. The van der Waals surface area contributed by atoms with Gasteiger partial charge in [0.1, 0.15) is 17.3 Å². The molecule has 0 bridgehead atoms. The van der Waals surface area contributed by atoms with Gasteiger partial charge in [0.25, 0.3) is 0 Å². The van der Waals surface area contributed by atoms with Crippen LogP contribution in [0.4, 0.5) is 4.39 Å². The van der Waals surface area contributed by atoms with Crippen molar-refractivity contribution in [3.05, 3.63) is 83.1 Å². The van der Waals surface area contributed by atoms with E-state index in [1.807, 2.05) is 54.9 Å². The molecule has 0 aliphatic carbocycles. The maximum atomic E-state index is 14.3. The molecular weight excluding hydrogens is 417 g/mol. The molecule has 0 saturated carbocycles. The Morgan fingerprint density at radius 3 is 2.77 bits per heavy atom. The largest absolute Gasteiger partial charge is 0.469 e. The summed E-state index contributed by atoms with van der Waals surface area (Å²) in [6.45, 7) is 2.18. The molecule has 5 rings (SSSR count). The van der Waals surface area contributed by atoms with Crippen LogP contribution >= 0.6 is 11.8 Å². The van der Waals surface area contributed by atoms with E-state index in [2.05, 4.69) is 10.2 Å². The van der Waals surface area contributed by atoms with Gasteiger partial charge in [-0.15, -0.1) is 10.2 Å². The molecule has 4 aromatic rings. The van der Waals surface area contributed by atoms with Crippen molar-refractivity contribution in [1.82, 2.24) is 14.8 Å². The molecule has 2 aromatic heterocycles. The molecule has 1 atom stereocenters. The van der Waals surface area contributed by atoms with Crippen LogP contribution in [-0.4, -0.2) is 14.8 Å². The highest BCUT2D eigenvalue weighted by Gasteiger charge is 2.25. The van der Waals surface area contributed by atoms with Crippen molar-refractivity contribution in [2.45, 2.75) is 30.7 Å². The van der Waals surface area contributed by atoms with Crippen LogP contribution < -0.4 is 4.74 Å². The molecule has 0 fully saturated rings. The normalized spacial score (nSPS) is 15.5. The third-order valence-electron chi connectivity index (χ3n) is 5.19. The van der Waals surface area contributed by atoms with Gasteiger partial charge in [0.2, 0.25) is 6.29 Å². The fraction of sp³-hybridized carbons (Fsp3) is 0.217. The predicted octanol–water partition coefficient (Wildman–Crippen LogP) is 5.42. The van der Waals surface area contributed by atoms with E-state index in [1.165, 1.54) is 23.9 Å². The van der Waals surface area contributed by atoms with Gasteiger partial charge < -0.3 is 18.5 Å². The van der Waals surface area contributed by atoms with E-state index in [9.17, 15) is 4.39 Å². The number of halogens is 1. The summed E-state index contributed by atoms with van der Waals surface area (Å²) in [6, 6.07) is 14.6. The molecule has 158 valence electrons. The number of nitrogens with zero attached hydrogens (tertiary/aromatic N) is 3. The molecule has 2 aromatic carbocycles. The summed E-state index contributed by atoms with van der Waals surface area (Å²) in [7, 11) is 1.90. The first-order valence-corrected chi connectivity index (χ1v) is 10.8. The Balaban J connectivity index is 1.39. The van der Waals surface area contributed by atoms with Crippen LogP contribution in [0.5, 0.6) is 5.75 Å². The molecule has 3 heterocycles. The standard InChI is InChI=1S/C23H20FN3O3S/c1-14-19(8-9-28-14)21-25-26-23(27(21)2)31-13-17-11-18(24)10-16-12-29-22(30-20(16)17)15-6-4-3-5-7-15/h3-11,22H,12-13H2,1-2H3. The molecule has 0 saturated heterocycles. The molecule has 6 nitrogen and oxygen atoms in total. The number of aryl methyl sites for hydroxylation is 1. The van der Waals surface area contributed by atoms with Crippen LogP contribution in [0.15, 0.2) is 64.4 Å². The van der Waals surface area contributed by atoms with E-state index in [4.69, 9.17) is 13.9 Å². The second-order valence-electron chi connectivity index (χ2n) is 7.27. The molecular formula is C23H20FN3O3S. The zero-order valence-corrected chi connectivity index (χ0v) is 17.9. The summed E-state index contributed by atoms with van der Waals surface area (Å²) in [4.78, 5) is 0. The first-order chi connectivity index (χ1) is 15.1. The molecule has 1 unspecified atom stereocenters. The average Bonchev–Trinajstić information content (AvgIpc) is 3.37. The highest BCUT2D eigenvalue weighted by atomic mass is 32.2. The maximum absolute atomic E-state index is 14.3. The SMILES string of the molecule is Cc1occc1-c1nnc(SCc2cc(F)cc3c2OC(c2ccccc2)OC3)n1C. The average molecular weight is 437 g/mol. The van der Waals surface area contributed by atoms with Crippen LogP contribution in [0.1, 0.15) is 28.7 Å². The smallest absolute Gasteiger partial charge is 0.227 e. The number of furan rings is 1. The number of hydrogen-bond acceptors (Lipinski definition) is 6. The molecule has 0 spiro atoms. The Bertz CT molecular complexity index is 1220. The fourth-order valence-electron chi connectivity index (χ4n) is 3.59. The van der Waals surface area contributed by atoms with Crippen molar-refractivity contribution >= 4 is 11.8 Å². The van der Waals surface area contributed by atoms with E-state index in [-0.39, 0.29) is 12.4 Å². The quantitative estimate of drug-likeness (QED) is 0.389. The molecule has 0 amide bonds. The first-order valence-electron chi connectivity index (χ1n) is 9.81.